The van der Waals surface area contributed by atoms with Crippen LogP contribution in [0, 0.1) is 10.1 Å². The van der Waals surface area contributed by atoms with Gasteiger partial charge in [0, 0.05) is 18.5 Å². The van der Waals surface area contributed by atoms with E-state index in [1.165, 1.54) is 6.20 Å². The van der Waals surface area contributed by atoms with Gasteiger partial charge in [-0.15, -0.1) is 0 Å². The molecule has 88 valence electrons. The maximum absolute atomic E-state index is 11.2. The Morgan fingerprint density at radius 3 is 2.81 bits per heavy atom. The van der Waals surface area contributed by atoms with E-state index in [0.717, 1.165) is 31.3 Å². The van der Waals surface area contributed by atoms with Crippen LogP contribution in [0.25, 0.3) is 0 Å². The zero-order chi connectivity index (χ0) is 11.9. The van der Waals surface area contributed by atoms with Crippen LogP contribution in [0.2, 0.25) is 0 Å². The summed E-state index contributed by atoms with van der Waals surface area (Å²) in [6.45, 7) is 0.736. The monoisotopic (exact) mass is 244 g/mol. The fourth-order valence-corrected chi connectivity index (χ4v) is 2.95. The molecule has 0 atom stereocenters. The molecule has 2 heterocycles. The molecule has 0 amide bonds. The lowest BCUT2D eigenvalue weighted by Gasteiger charge is -1.99. The number of rotatable bonds is 3. The van der Waals surface area contributed by atoms with Crippen LogP contribution in [0.5, 0.6) is 0 Å². The second-order valence-electron chi connectivity index (χ2n) is 4.06. The van der Waals surface area contributed by atoms with Crippen molar-refractivity contribution in [3.05, 3.63) is 27.6 Å². The second kappa shape index (κ2) is 3.58. The first-order valence-corrected chi connectivity index (χ1v) is 6.97. The van der Waals surface area contributed by atoms with E-state index in [1.54, 1.807) is 4.57 Å². The zero-order valence-electron chi connectivity index (χ0n) is 8.84. The predicted octanol–water partition coefficient (Wildman–Crippen LogP) is 0.887. The van der Waals surface area contributed by atoms with E-state index in [-0.39, 0.29) is 11.4 Å². The molecule has 6 nitrogen and oxygen atoms in total. The number of fused-ring (bicyclic) bond motifs is 1. The molecule has 0 bridgehead atoms. The molecule has 0 radical (unpaired) electrons. The van der Waals surface area contributed by atoms with Crippen molar-refractivity contribution in [3.63, 3.8) is 0 Å². The molecule has 2 rings (SSSR count). The van der Waals surface area contributed by atoms with E-state index in [2.05, 4.69) is 0 Å². The summed E-state index contributed by atoms with van der Waals surface area (Å²) in [5.41, 5.74) is 1.10. The Kier molecular flexibility index (Phi) is 2.49. The third-order valence-electron chi connectivity index (χ3n) is 2.70. The molecule has 0 N–H and O–H groups in total. The fourth-order valence-electron chi connectivity index (χ4n) is 2.11. The van der Waals surface area contributed by atoms with E-state index >= 15 is 0 Å². The third kappa shape index (κ3) is 1.95. The van der Waals surface area contributed by atoms with E-state index in [9.17, 15) is 18.5 Å². The highest BCUT2D eigenvalue weighted by Gasteiger charge is 2.28. The molecule has 0 unspecified atom stereocenters. The quantitative estimate of drug-likeness (QED) is 0.584. The SMILES string of the molecule is CS(=O)(=O)Cc1c([N+](=O)[O-])cn2c1CCC2. The van der Waals surface area contributed by atoms with Crippen LogP contribution in [0.4, 0.5) is 5.69 Å². The highest BCUT2D eigenvalue weighted by atomic mass is 32.2. The first-order valence-electron chi connectivity index (χ1n) is 4.91. The molecule has 7 heteroatoms. The normalized spacial score (nSPS) is 15.1. The standard InChI is InChI=1S/C9H12N2O4S/c1-16(14,15)6-7-8-3-2-4-10(8)5-9(7)11(12)13/h5H,2-4,6H2,1H3. The van der Waals surface area contributed by atoms with Gasteiger partial charge in [-0.1, -0.05) is 0 Å². The third-order valence-corrected chi connectivity index (χ3v) is 3.51. The van der Waals surface area contributed by atoms with Gasteiger partial charge >= 0.3 is 0 Å². The van der Waals surface area contributed by atoms with Gasteiger partial charge in [-0.25, -0.2) is 8.42 Å². The van der Waals surface area contributed by atoms with E-state index in [0.29, 0.717) is 5.56 Å². The molecule has 0 saturated carbocycles. The van der Waals surface area contributed by atoms with Gasteiger partial charge in [0.1, 0.15) is 0 Å². The lowest BCUT2D eigenvalue weighted by Crippen LogP contribution is -2.04. The molecule has 1 aliphatic heterocycles. The summed E-state index contributed by atoms with van der Waals surface area (Å²) in [4.78, 5) is 10.3. The number of aromatic nitrogens is 1. The molecule has 16 heavy (non-hydrogen) atoms. The summed E-state index contributed by atoms with van der Waals surface area (Å²) in [6, 6.07) is 0. The van der Waals surface area contributed by atoms with Crippen LogP contribution in [0.3, 0.4) is 0 Å². The number of aryl methyl sites for hydroxylation is 1. The molecular weight excluding hydrogens is 232 g/mol. The smallest absolute Gasteiger partial charge is 0.291 e. The molecule has 1 aliphatic rings. The largest absolute Gasteiger partial charge is 0.345 e. The molecule has 0 aliphatic carbocycles. The van der Waals surface area contributed by atoms with E-state index in [4.69, 9.17) is 0 Å². The number of nitro groups is 1. The van der Waals surface area contributed by atoms with Crippen LogP contribution in [0.15, 0.2) is 6.20 Å². The Morgan fingerprint density at radius 1 is 1.56 bits per heavy atom. The Labute approximate surface area is 92.9 Å². The molecule has 0 aromatic carbocycles. The van der Waals surface area contributed by atoms with Crippen molar-refractivity contribution in [2.24, 2.45) is 0 Å². The minimum atomic E-state index is -3.24. The highest BCUT2D eigenvalue weighted by Crippen LogP contribution is 2.31. The van der Waals surface area contributed by atoms with Crippen molar-refractivity contribution in [2.75, 3.05) is 6.26 Å². The van der Waals surface area contributed by atoms with Crippen LogP contribution in [0.1, 0.15) is 17.7 Å². The van der Waals surface area contributed by atoms with Crippen molar-refractivity contribution in [1.29, 1.82) is 0 Å². The number of sulfone groups is 1. The van der Waals surface area contributed by atoms with Crippen molar-refractivity contribution in [3.8, 4) is 0 Å². The topological polar surface area (TPSA) is 82.2 Å². The van der Waals surface area contributed by atoms with Crippen molar-refractivity contribution in [2.45, 2.75) is 25.1 Å². The average Bonchev–Trinajstić information content (AvgIpc) is 2.65. The van der Waals surface area contributed by atoms with Crippen molar-refractivity contribution < 1.29 is 13.3 Å². The van der Waals surface area contributed by atoms with Gasteiger partial charge in [0.2, 0.25) is 0 Å². The molecular formula is C9H12N2O4S. The van der Waals surface area contributed by atoms with E-state index < -0.39 is 14.8 Å². The Morgan fingerprint density at radius 2 is 2.25 bits per heavy atom. The van der Waals surface area contributed by atoms with Gasteiger partial charge in [0.05, 0.1) is 22.4 Å². The maximum Gasteiger partial charge on any atom is 0.291 e. The average molecular weight is 244 g/mol. The molecule has 0 saturated heterocycles. The van der Waals surface area contributed by atoms with Gasteiger partial charge in [0.25, 0.3) is 5.69 Å². The summed E-state index contributed by atoms with van der Waals surface area (Å²) in [5.74, 6) is -0.244. The summed E-state index contributed by atoms with van der Waals surface area (Å²) >= 11 is 0. The van der Waals surface area contributed by atoms with Gasteiger partial charge in [-0.3, -0.25) is 10.1 Å². The van der Waals surface area contributed by atoms with Gasteiger partial charge in [0.15, 0.2) is 9.84 Å². The minimum absolute atomic E-state index is 0.0693. The Bertz CT molecular complexity index is 544. The van der Waals surface area contributed by atoms with Crippen LogP contribution in [-0.4, -0.2) is 24.2 Å². The minimum Gasteiger partial charge on any atom is -0.345 e. The Balaban J connectivity index is 2.52. The zero-order valence-corrected chi connectivity index (χ0v) is 9.66. The van der Waals surface area contributed by atoms with Crippen molar-refractivity contribution >= 4 is 15.5 Å². The summed E-state index contributed by atoms with van der Waals surface area (Å²) in [5, 5.41) is 10.8. The van der Waals surface area contributed by atoms with Crippen molar-refractivity contribution in [1.82, 2.24) is 4.57 Å². The molecule has 1 aromatic heterocycles. The molecule has 0 fully saturated rings. The van der Waals surface area contributed by atoms with Crippen LogP contribution < -0.4 is 0 Å². The molecule has 1 aromatic rings. The van der Waals surface area contributed by atoms with Gasteiger partial charge < -0.3 is 4.57 Å². The number of hydrogen-bond donors (Lipinski definition) is 0. The predicted molar refractivity (Wildman–Crippen MR) is 58.0 cm³/mol. The van der Waals surface area contributed by atoms with Gasteiger partial charge in [-0.2, -0.15) is 0 Å². The fraction of sp³-hybridized carbons (Fsp3) is 0.556. The summed E-state index contributed by atoms with van der Waals surface area (Å²) < 4.78 is 24.3. The van der Waals surface area contributed by atoms with Crippen LogP contribution in [-0.2, 0) is 28.6 Å². The summed E-state index contributed by atoms with van der Waals surface area (Å²) in [6.07, 6.45) is 4.18. The highest BCUT2D eigenvalue weighted by molar-refractivity contribution is 7.89. The van der Waals surface area contributed by atoms with E-state index in [1.807, 2.05) is 0 Å². The first kappa shape index (κ1) is 11.1. The second-order valence-corrected chi connectivity index (χ2v) is 6.20. The maximum atomic E-state index is 11.2. The lowest BCUT2D eigenvalue weighted by molar-refractivity contribution is -0.385. The Hall–Kier alpha value is -1.37. The number of nitrogens with zero attached hydrogens (tertiary/aromatic N) is 2. The lowest BCUT2D eigenvalue weighted by atomic mass is 10.2. The molecule has 0 spiro atoms. The summed E-state index contributed by atoms with van der Waals surface area (Å²) in [7, 11) is -3.24. The van der Waals surface area contributed by atoms with Crippen LogP contribution >= 0.6 is 0 Å². The first-order chi connectivity index (χ1) is 7.38. The number of hydrogen-bond acceptors (Lipinski definition) is 4. The van der Waals surface area contributed by atoms with Gasteiger partial charge in [-0.05, 0) is 12.8 Å².